The molecule has 0 bridgehead atoms. The molecule has 0 radical (unpaired) electrons. The summed E-state index contributed by atoms with van der Waals surface area (Å²) in [6, 6.07) is 0. The van der Waals surface area contributed by atoms with Gasteiger partial charge in [0.15, 0.2) is 0 Å². The molecule has 17 heavy (non-hydrogen) atoms. The molecule has 0 unspecified atom stereocenters. The maximum absolute atomic E-state index is 11.0. The molecular formula is C11H18N4O2. The Kier molecular flexibility index (Phi) is 2.81. The van der Waals surface area contributed by atoms with Crippen molar-refractivity contribution < 1.29 is 4.92 Å². The fraction of sp³-hybridized carbons (Fsp3) is 0.727. The zero-order valence-electron chi connectivity index (χ0n) is 10.5. The molecule has 0 amide bonds. The van der Waals surface area contributed by atoms with Gasteiger partial charge in [-0.1, -0.05) is 6.92 Å². The highest BCUT2D eigenvalue weighted by molar-refractivity contribution is 5.59. The molecule has 1 saturated carbocycles. The lowest BCUT2D eigenvalue weighted by Gasteiger charge is -2.11. The quantitative estimate of drug-likeness (QED) is 0.631. The van der Waals surface area contributed by atoms with Gasteiger partial charge in [0.2, 0.25) is 5.82 Å². The van der Waals surface area contributed by atoms with Crippen LogP contribution in [0.5, 0.6) is 0 Å². The zero-order chi connectivity index (χ0) is 12.6. The number of anilines is 1. The van der Waals surface area contributed by atoms with Crippen LogP contribution in [-0.2, 0) is 6.54 Å². The smallest absolute Gasteiger partial charge is 0.333 e. The first kappa shape index (κ1) is 11.9. The molecule has 0 aliphatic heterocycles. The molecule has 0 aromatic carbocycles. The second-order valence-corrected chi connectivity index (χ2v) is 5.02. The lowest BCUT2D eigenvalue weighted by molar-refractivity contribution is -0.384. The maximum Gasteiger partial charge on any atom is 0.333 e. The number of hydrogen-bond acceptors (Lipinski definition) is 4. The van der Waals surface area contributed by atoms with E-state index in [4.69, 9.17) is 0 Å². The van der Waals surface area contributed by atoms with Gasteiger partial charge < -0.3 is 5.32 Å². The number of aryl methyl sites for hydroxylation is 2. The Hall–Kier alpha value is -1.59. The monoisotopic (exact) mass is 238 g/mol. The highest BCUT2D eigenvalue weighted by atomic mass is 16.6. The van der Waals surface area contributed by atoms with Crippen LogP contribution in [-0.4, -0.2) is 21.2 Å². The number of rotatable bonds is 5. The minimum absolute atomic E-state index is 0.108. The number of nitrogens with zero attached hydrogens (tertiary/aromatic N) is 3. The van der Waals surface area contributed by atoms with Crippen LogP contribution in [0.4, 0.5) is 11.5 Å². The second-order valence-electron chi connectivity index (χ2n) is 5.02. The number of hydrogen-bond donors (Lipinski definition) is 1. The van der Waals surface area contributed by atoms with Crippen molar-refractivity contribution in [3.8, 4) is 0 Å². The van der Waals surface area contributed by atoms with E-state index >= 15 is 0 Å². The van der Waals surface area contributed by atoms with Crippen molar-refractivity contribution in [2.75, 3.05) is 11.9 Å². The van der Waals surface area contributed by atoms with Crippen LogP contribution in [0.25, 0.3) is 0 Å². The van der Waals surface area contributed by atoms with Gasteiger partial charge in [-0.25, -0.2) is 4.68 Å². The largest absolute Gasteiger partial charge is 0.364 e. The number of nitro groups is 1. The van der Waals surface area contributed by atoms with Crippen LogP contribution in [0.15, 0.2) is 0 Å². The predicted octanol–water partition coefficient (Wildman–Crippen LogP) is 2.33. The molecule has 1 aromatic heterocycles. The Morgan fingerprint density at radius 3 is 2.71 bits per heavy atom. The average molecular weight is 238 g/mol. The molecule has 0 spiro atoms. The Balaban J connectivity index is 2.25. The van der Waals surface area contributed by atoms with Gasteiger partial charge in [-0.3, -0.25) is 10.1 Å². The molecule has 94 valence electrons. The summed E-state index contributed by atoms with van der Waals surface area (Å²) in [5.41, 5.74) is 0.890. The average Bonchev–Trinajstić information content (AvgIpc) is 2.89. The molecule has 1 aliphatic rings. The predicted molar refractivity (Wildman–Crippen MR) is 65.1 cm³/mol. The fourth-order valence-corrected chi connectivity index (χ4v) is 1.88. The molecule has 1 N–H and O–H groups in total. The summed E-state index contributed by atoms with van der Waals surface area (Å²) in [6.45, 7) is 7.20. The summed E-state index contributed by atoms with van der Waals surface area (Å²) >= 11 is 0. The van der Waals surface area contributed by atoms with Crippen LogP contribution in [0.1, 0.15) is 32.4 Å². The number of nitrogens with one attached hydrogen (secondary N) is 1. The Morgan fingerprint density at radius 2 is 2.24 bits per heavy atom. The van der Waals surface area contributed by atoms with Crippen LogP contribution in [0.3, 0.4) is 0 Å². The standard InChI is InChI=1S/C11H18N4O2/c1-4-14-10(12-7-11(3)5-6-11)9(15(16)17)8(2)13-14/h12H,4-7H2,1-3H3. The molecule has 0 atom stereocenters. The molecule has 1 aromatic rings. The third-order valence-corrected chi connectivity index (χ3v) is 3.36. The van der Waals surface area contributed by atoms with E-state index in [1.165, 1.54) is 12.8 Å². The van der Waals surface area contributed by atoms with Gasteiger partial charge in [0.25, 0.3) is 0 Å². The normalized spacial score (nSPS) is 16.9. The van der Waals surface area contributed by atoms with Crippen LogP contribution in [0.2, 0.25) is 0 Å². The van der Waals surface area contributed by atoms with E-state index in [1.807, 2.05) is 6.92 Å². The van der Waals surface area contributed by atoms with E-state index in [9.17, 15) is 10.1 Å². The first-order valence-electron chi connectivity index (χ1n) is 5.92. The van der Waals surface area contributed by atoms with Gasteiger partial charge in [0.05, 0.1) is 4.92 Å². The first-order chi connectivity index (χ1) is 7.97. The summed E-state index contributed by atoms with van der Waals surface area (Å²) in [4.78, 5) is 10.7. The summed E-state index contributed by atoms with van der Waals surface area (Å²) in [7, 11) is 0. The third kappa shape index (κ3) is 2.25. The SMILES string of the molecule is CCn1nc(C)c([N+](=O)[O-])c1NCC1(C)CC1. The molecule has 0 saturated heterocycles. The summed E-state index contributed by atoms with van der Waals surface area (Å²) in [6.07, 6.45) is 2.38. The molecule has 1 fully saturated rings. The van der Waals surface area contributed by atoms with Crippen LogP contribution in [0, 0.1) is 22.5 Å². The summed E-state index contributed by atoms with van der Waals surface area (Å²) in [5, 5.41) is 18.4. The van der Waals surface area contributed by atoms with E-state index in [0.29, 0.717) is 23.5 Å². The maximum atomic E-state index is 11.0. The van der Waals surface area contributed by atoms with Crippen molar-refractivity contribution >= 4 is 11.5 Å². The molecule has 6 nitrogen and oxygen atoms in total. The second kappa shape index (κ2) is 4.01. The van der Waals surface area contributed by atoms with Gasteiger partial charge in [-0.2, -0.15) is 5.10 Å². The molecule has 2 rings (SSSR count). The van der Waals surface area contributed by atoms with E-state index in [-0.39, 0.29) is 10.6 Å². The van der Waals surface area contributed by atoms with Crippen molar-refractivity contribution in [3.63, 3.8) is 0 Å². The number of aromatic nitrogens is 2. The lowest BCUT2D eigenvalue weighted by atomic mass is 10.1. The minimum Gasteiger partial charge on any atom is -0.364 e. The van der Waals surface area contributed by atoms with Gasteiger partial charge >= 0.3 is 5.69 Å². The van der Waals surface area contributed by atoms with Crippen LogP contribution < -0.4 is 5.32 Å². The van der Waals surface area contributed by atoms with Crippen LogP contribution >= 0.6 is 0 Å². The summed E-state index contributed by atoms with van der Waals surface area (Å²) in [5.74, 6) is 0.545. The minimum atomic E-state index is -0.355. The van der Waals surface area contributed by atoms with Gasteiger partial charge in [0, 0.05) is 13.1 Å². The van der Waals surface area contributed by atoms with Crippen molar-refractivity contribution in [1.82, 2.24) is 9.78 Å². The third-order valence-electron chi connectivity index (χ3n) is 3.36. The Morgan fingerprint density at radius 1 is 1.59 bits per heavy atom. The van der Waals surface area contributed by atoms with Crippen molar-refractivity contribution in [3.05, 3.63) is 15.8 Å². The molecule has 1 heterocycles. The Bertz CT molecular complexity index is 449. The highest BCUT2D eigenvalue weighted by Gasteiger charge is 2.38. The van der Waals surface area contributed by atoms with E-state index in [2.05, 4.69) is 17.3 Å². The first-order valence-corrected chi connectivity index (χ1v) is 5.92. The Labute approximate surface area is 100 Å². The summed E-state index contributed by atoms with van der Waals surface area (Å²) < 4.78 is 1.67. The van der Waals surface area contributed by atoms with Crippen molar-refractivity contribution in [1.29, 1.82) is 0 Å². The van der Waals surface area contributed by atoms with E-state index in [1.54, 1.807) is 11.6 Å². The highest BCUT2D eigenvalue weighted by Crippen LogP contribution is 2.45. The van der Waals surface area contributed by atoms with Crippen molar-refractivity contribution in [2.45, 2.75) is 40.2 Å². The van der Waals surface area contributed by atoms with Gasteiger partial charge in [-0.15, -0.1) is 0 Å². The molecular weight excluding hydrogens is 220 g/mol. The van der Waals surface area contributed by atoms with E-state index in [0.717, 1.165) is 6.54 Å². The van der Waals surface area contributed by atoms with Crippen molar-refractivity contribution in [2.24, 2.45) is 5.41 Å². The fourth-order valence-electron chi connectivity index (χ4n) is 1.88. The zero-order valence-corrected chi connectivity index (χ0v) is 10.5. The van der Waals surface area contributed by atoms with E-state index < -0.39 is 0 Å². The molecule has 6 heteroatoms. The molecule has 1 aliphatic carbocycles. The topological polar surface area (TPSA) is 73.0 Å². The van der Waals surface area contributed by atoms with Gasteiger partial charge in [-0.05, 0) is 32.1 Å². The van der Waals surface area contributed by atoms with Gasteiger partial charge in [0.1, 0.15) is 5.69 Å². The lowest BCUT2D eigenvalue weighted by Crippen LogP contribution is -2.15.